The molecular formula is C16H17NO4. The molecule has 0 saturated carbocycles. The maximum atomic E-state index is 10.3. The number of ether oxygens (including phenoxy) is 3. The second-order valence-corrected chi connectivity index (χ2v) is 4.83. The highest BCUT2D eigenvalue weighted by atomic mass is 16.5. The second kappa shape index (κ2) is 4.77. The van der Waals surface area contributed by atoms with Gasteiger partial charge in [-0.15, -0.1) is 0 Å². The minimum absolute atomic E-state index is 0.0959. The number of nitrogens with one attached hydrogen (secondary N) is 1. The highest BCUT2D eigenvalue weighted by Crippen LogP contribution is 2.47. The number of phenolic OH excluding ortho intramolecular Hbond substituents is 1. The van der Waals surface area contributed by atoms with Gasteiger partial charge in [0.05, 0.1) is 37.7 Å². The van der Waals surface area contributed by atoms with Crippen molar-refractivity contribution < 1.29 is 19.3 Å². The molecule has 0 radical (unpaired) electrons. The van der Waals surface area contributed by atoms with Gasteiger partial charge in [-0.05, 0) is 19.1 Å². The Balaban J connectivity index is 2.53. The van der Waals surface area contributed by atoms with Gasteiger partial charge in [0, 0.05) is 17.0 Å². The lowest BCUT2D eigenvalue weighted by molar-refractivity contribution is 0.368. The molecule has 21 heavy (non-hydrogen) atoms. The number of phenols is 1. The Hall–Kier alpha value is -2.56. The zero-order chi connectivity index (χ0) is 15.1. The lowest BCUT2D eigenvalue weighted by atomic mass is 10.1. The molecule has 5 heteroatoms. The molecule has 1 aromatic heterocycles. The number of aromatic nitrogens is 1. The Morgan fingerprint density at radius 2 is 1.71 bits per heavy atom. The first-order chi connectivity index (χ1) is 10.1. The number of hydrogen-bond acceptors (Lipinski definition) is 4. The van der Waals surface area contributed by atoms with Gasteiger partial charge in [0.1, 0.15) is 11.5 Å². The van der Waals surface area contributed by atoms with Crippen LogP contribution in [-0.4, -0.2) is 31.4 Å². The predicted molar refractivity (Wildman–Crippen MR) is 81.9 cm³/mol. The smallest absolute Gasteiger partial charge is 0.171 e. The van der Waals surface area contributed by atoms with Gasteiger partial charge in [-0.3, -0.25) is 0 Å². The molecule has 0 aliphatic rings. The molecule has 3 rings (SSSR count). The highest BCUT2D eigenvalue weighted by Gasteiger charge is 2.21. The van der Waals surface area contributed by atoms with Crippen molar-refractivity contribution in [2.75, 3.05) is 21.3 Å². The molecule has 0 unspecified atom stereocenters. The van der Waals surface area contributed by atoms with E-state index in [9.17, 15) is 5.11 Å². The Morgan fingerprint density at radius 1 is 1.00 bits per heavy atom. The number of aromatic amines is 1. The summed E-state index contributed by atoms with van der Waals surface area (Å²) in [6, 6.07) is 5.71. The van der Waals surface area contributed by atoms with Crippen LogP contribution in [0, 0.1) is 6.92 Å². The number of rotatable bonds is 3. The van der Waals surface area contributed by atoms with E-state index in [1.807, 2.05) is 18.2 Å². The fourth-order valence-electron chi connectivity index (χ4n) is 2.75. The van der Waals surface area contributed by atoms with Crippen molar-refractivity contribution in [3.8, 4) is 23.0 Å². The maximum absolute atomic E-state index is 10.3. The van der Waals surface area contributed by atoms with Gasteiger partial charge in [-0.25, -0.2) is 0 Å². The fourth-order valence-corrected chi connectivity index (χ4v) is 2.75. The molecule has 110 valence electrons. The van der Waals surface area contributed by atoms with Crippen LogP contribution in [-0.2, 0) is 0 Å². The molecule has 0 aliphatic heterocycles. The number of benzene rings is 2. The first-order valence-electron chi connectivity index (χ1n) is 6.55. The number of aromatic hydroxyl groups is 1. The minimum Gasteiger partial charge on any atom is -0.504 e. The summed E-state index contributed by atoms with van der Waals surface area (Å²) in [6.07, 6.45) is 0. The molecule has 0 aliphatic carbocycles. The molecule has 2 aromatic carbocycles. The summed E-state index contributed by atoms with van der Waals surface area (Å²) in [7, 11) is 4.75. The van der Waals surface area contributed by atoms with Crippen molar-refractivity contribution in [3.63, 3.8) is 0 Å². The van der Waals surface area contributed by atoms with E-state index in [1.165, 1.54) is 0 Å². The Bertz CT molecular complexity index is 836. The van der Waals surface area contributed by atoms with Crippen LogP contribution in [0.15, 0.2) is 18.2 Å². The Morgan fingerprint density at radius 3 is 2.33 bits per heavy atom. The van der Waals surface area contributed by atoms with Crippen molar-refractivity contribution in [1.82, 2.24) is 4.98 Å². The molecule has 2 N–H and O–H groups in total. The van der Waals surface area contributed by atoms with Crippen LogP contribution < -0.4 is 14.2 Å². The van der Waals surface area contributed by atoms with Crippen LogP contribution in [0.25, 0.3) is 21.8 Å². The van der Waals surface area contributed by atoms with E-state index in [1.54, 1.807) is 28.3 Å². The lowest BCUT2D eigenvalue weighted by Gasteiger charge is -2.12. The van der Waals surface area contributed by atoms with Gasteiger partial charge in [-0.1, -0.05) is 0 Å². The predicted octanol–water partition coefficient (Wildman–Crippen LogP) is 3.36. The molecule has 5 nitrogen and oxygen atoms in total. The number of H-pyrrole nitrogens is 1. The normalized spacial score (nSPS) is 11.0. The van der Waals surface area contributed by atoms with E-state index < -0.39 is 0 Å². The summed E-state index contributed by atoms with van der Waals surface area (Å²) < 4.78 is 16.1. The summed E-state index contributed by atoms with van der Waals surface area (Å²) in [5.74, 6) is 1.91. The van der Waals surface area contributed by atoms with Crippen LogP contribution in [0.5, 0.6) is 23.0 Å². The quantitative estimate of drug-likeness (QED) is 0.775. The van der Waals surface area contributed by atoms with E-state index in [-0.39, 0.29) is 5.75 Å². The third kappa shape index (κ3) is 1.77. The highest BCUT2D eigenvalue weighted by molar-refractivity contribution is 6.14. The second-order valence-electron chi connectivity index (χ2n) is 4.83. The first-order valence-corrected chi connectivity index (χ1v) is 6.55. The molecule has 0 spiro atoms. The Labute approximate surface area is 122 Å². The largest absolute Gasteiger partial charge is 0.504 e. The van der Waals surface area contributed by atoms with Gasteiger partial charge in [0.25, 0.3) is 0 Å². The molecule has 0 bridgehead atoms. The number of hydrogen-bond donors (Lipinski definition) is 2. The molecule has 0 amide bonds. The van der Waals surface area contributed by atoms with E-state index in [2.05, 4.69) is 4.98 Å². The average Bonchev–Trinajstić information content (AvgIpc) is 2.86. The SMILES string of the molecule is COc1ccc2c(c1)[nH]c1c(OC)c(C)c(O)c(OC)c12. The summed E-state index contributed by atoms with van der Waals surface area (Å²) in [6.45, 7) is 1.79. The summed E-state index contributed by atoms with van der Waals surface area (Å²) in [4.78, 5) is 3.32. The van der Waals surface area contributed by atoms with Crippen molar-refractivity contribution in [2.45, 2.75) is 6.92 Å². The van der Waals surface area contributed by atoms with Gasteiger partial charge in [-0.2, -0.15) is 0 Å². The minimum atomic E-state index is 0.0959. The van der Waals surface area contributed by atoms with E-state index >= 15 is 0 Å². The maximum Gasteiger partial charge on any atom is 0.171 e. The van der Waals surface area contributed by atoms with Gasteiger partial charge >= 0.3 is 0 Å². The zero-order valence-corrected chi connectivity index (χ0v) is 12.4. The summed E-state index contributed by atoms with van der Waals surface area (Å²) in [5.41, 5.74) is 2.33. The van der Waals surface area contributed by atoms with Crippen LogP contribution in [0.1, 0.15) is 5.56 Å². The van der Waals surface area contributed by atoms with Crippen LogP contribution in [0.3, 0.4) is 0 Å². The Kier molecular flexibility index (Phi) is 3.05. The van der Waals surface area contributed by atoms with E-state index in [0.717, 1.165) is 27.6 Å². The molecule has 0 saturated heterocycles. The summed E-state index contributed by atoms with van der Waals surface area (Å²) >= 11 is 0. The average molecular weight is 287 g/mol. The van der Waals surface area contributed by atoms with Crippen molar-refractivity contribution >= 4 is 21.8 Å². The third-order valence-electron chi connectivity index (χ3n) is 3.78. The lowest BCUT2D eigenvalue weighted by Crippen LogP contribution is -1.93. The van der Waals surface area contributed by atoms with Crippen LogP contribution in [0.2, 0.25) is 0 Å². The molecular weight excluding hydrogens is 270 g/mol. The third-order valence-corrected chi connectivity index (χ3v) is 3.78. The van der Waals surface area contributed by atoms with Crippen LogP contribution >= 0.6 is 0 Å². The molecule has 1 heterocycles. The monoisotopic (exact) mass is 287 g/mol. The molecule has 0 fully saturated rings. The zero-order valence-electron chi connectivity index (χ0n) is 12.4. The molecule has 3 aromatic rings. The fraction of sp³-hybridized carbons (Fsp3) is 0.250. The van der Waals surface area contributed by atoms with E-state index in [0.29, 0.717) is 17.1 Å². The topological polar surface area (TPSA) is 63.7 Å². The number of methoxy groups -OCH3 is 3. The standard InChI is InChI=1S/C16H17NO4/c1-8-14(18)16(21-4)12-10-6-5-9(19-2)7-11(10)17-13(12)15(8)20-3/h5-7,17-18H,1-4H3. The first kappa shape index (κ1) is 13.4. The van der Waals surface area contributed by atoms with E-state index in [4.69, 9.17) is 14.2 Å². The van der Waals surface area contributed by atoms with Gasteiger partial charge < -0.3 is 24.3 Å². The summed E-state index contributed by atoms with van der Waals surface area (Å²) in [5, 5.41) is 12.1. The van der Waals surface area contributed by atoms with Crippen LogP contribution in [0.4, 0.5) is 0 Å². The molecule has 0 atom stereocenters. The van der Waals surface area contributed by atoms with Gasteiger partial charge in [0.15, 0.2) is 11.5 Å². The van der Waals surface area contributed by atoms with Crippen molar-refractivity contribution in [1.29, 1.82) is 0 Å². The number of fused-ring (bicyclic) bond motifs is 3. The van der Waals surface area contributed by atoms with Gasteiger partial charge in [0.2, 0.25) is 0 Å². The van der Waals surface area contributed by atoms with Crippen molar-refractivity contribution in [3.05, 3.63) is 23.8 Å². The van der Waals surface area contributed by atoms with Crippen molar-refractivity contribution in [2.24, 2.45) is 0 Å².